The molecule has 6 heteroatoms. The molecule has 33 heavy (non-hydrogen) atoms. The van der Waals surface area contributed by atoms with Gasteiger partial charge in [0.2, 0.25) is 5.88 Å². The number of hydrogen-bond acceptors (Lipinski definition) is 4. The van der Waals surface area contributed by atoms with E-state index in [4.69, 9.17) is 4.74 Å². The van der Waals surface area contributed by atoms with Crippen LogP contribution in [0.2, 0.25) is 0 Å². The summed E-state index contributed by atoms with van der Waals surface area (Å²) in [5.74, 6) is 1.52. The second-order valence-electron chi connectivity index (χ2n) is 7.63. The highest BCUT2D eigenvalue weighted by Crippen LogP contribution is 2.30. The number of rotatable bonds is 4. The van der Waals surface area contributed by atoms with Gasteiger partial charge in [0, 0.05) is 23.2 Å². The molecule has 6 rings (SSSR count). The van der Waals surface area contributed by atoms with E-state index in [2.05, 4.69) is 27.1 Å². The van der Waals surface area contributed by atoms with Crippen LogP contribution < -0.4 is 10.4 Å². The number of imidazole rings is 1. The zero-order chi connectivity index (χ0) is 22.2. The van der Waals surface area contributed by atoms with Crippen LogP contribution in [0, 0.1) is 0 Å². The molecule has 0 unspecified atom stereocenters. The fraction of sp³-hybridized carbons (Fsp3) is 0. The van der Waals surface area contributed by atoms with Crippen LogP contribution in [0.3, 0.4) is 0 Å². The molecule has 6 aromatic rings. The first-order valence-corrected chi connectivity index (χ1v) is 10.6. The van der Waals surface area contributed by atoms with Gasteiger partial charge in [-0.1, -0.05) is 54.6 Å². The minimum Gasteiger partial charge on any atom is -0.439 e. The van der Waals surface area contributed by atoms with Crippen molar-refractivity contribution in [1.82, 2.24) is 19.5 Å². The zero-order valence-electron chi connectivity index (χ0n) is 17.5. The lowest BCUT2D eigenvalue weighted by Gasteiger charge is -2.10. The van der Waals surface area contributed by atoms with Gasteiger partial charge in [-0.2, -0.15) is 4.98 Å². The zero-order valence-corrected chi connectivity index (χ0v) is 17.5. The third kappa shape index (κ3) is 3.43. The van der Waals surface area contributed by atoms with Crippen molar-refractivity contribution in [3.63, 3.8) is 0 Å². The van der Waals surface area contributed by atoms with Crippen molar-refractivity contribution in [1.29, 1.82) is 0 Å². The summed E-state index contributed by atoms with van der Waals surface area (Å²) in [6.45, 7) is 0. The standard InChI is InChI=1S/C27H18N4O2/c32-27-29-22-11-3-4-12-23(22)31(27)24-13-6-14-25(30-24)33-20-9-5-8-19(17-20)26-21-10-2-1-7-18(21)15-16-28-26/h1-17H,(H,29,32). The van der Waals surface area contributed by atoms with E-state index >= 15 is 0 Å². The molecule has 0 fully saturated rings. The van der Waals surface area contributed by atoms with Gasteiger partial charge in [0.15, 0.2) is 0 Å². The first-order valence-electron chi connectivity index (χ1n) is 10.6. The van der Waals surface area contributed by atoms with Crippen LogP contribution in [-0.2, 0) is 0 Å². The van der Waals surface area contributed by atoms with E-state index in [1.165, 1.54) is 0 Å². The monoisotopic (exact) mass is 430 g/mol. The number of aromatic nitrogens is 4. The van der Waals surface area contributed by atoms with E-state index in [-0.39, 0.29) is 5.69 Å². The Kier molecular flexibility index (Phi) is 4.47. The Morgan fingerprint density at radius 1 is 0.818 bits per heavy atom. The summed E-state index contributed by atoms with van der Waals surface area (Å²) >= 11 is 0. The molecule has 0 radical (unpaired) electrons. The summed E-state index contributed by atoms with van der Waals surface area (Å²) in [4.78, 5) is 24.6. The van der Waals surface area contributed by atoms with Gasteiger partial charge in [0.25, 0.3) is 0 Å². The van der Waals surface area contributed by atoms with Crippen LogP contribution >= 0.6 is 0 Å². The third-order valence-electron chi connectivity index (χ3n) is 5.53. The fourth-order valence-electron chi connectivity index (χ4n) is 4.04. The summed E-state index contributed by atoms with van der Waals surface area (Å²) in [5.41, 5.74) is 3.12. The first kappa shape index (κ1) is 19.0. The summed E-state index contributed by atoms with van der Waals surface area (Å²) in [6, 6.07) is 30.8. The smallest absolute Gasteiger partial charge is 0.332 e. The number of benzene rings is 3. The Morgan fingerprint density at radius 3 is 2.64 bits per heavy atom. The van der Waals surface area contributed by atoms with E-state index in [9.17, 15) is 4.79 Å². The SMILES string of the molecule is O=c1[nH]c2ccccc2n1-c1cccc(Oc2cccc(-c3nccc4ccccc34)c2)n1. The normalized spacial score (nSPS) is 11.2. The highest BCUT2D eigenvalue weighted by Gasteiger charge is 2.11. The van der Waals surface area contributed by atoms with Gasteiger partial charge in [-0.3, -0.25) is 4.98 Å². The van der Waals surface area contributed by atoms with Gasteiger partial charge in [0.05, 0.1) is 16.7 Å². The predicted molar refractivity (Wildman–Crippen MR) is 129 cm³/mol. The Bertz CT molecular complexity index is 1680. The van der Waals surface area contributed by atoms with Crippen molar-refractivity contribution in [2.45, 2.75) is 0 Å². The first-order chi connectivity index (χ1) is 16.3. The molecule has 0 aliphatic carbocycles. The van der Waals surface area contributed by atoms with Gasteiger partial charge >= 0.3 is 5.69 Å². The molecule has 158 valence electrons. The van der Waals surface area contributed by atoms with Crippen molar-refractivity contribution < 1.29 is 4.74 Å². The van der Waals surface area contributed by atoms with Crippen LogP contribution in [0.15, 0.2) is 108 Å². The summed E-state index contributed by atoms with van der Waals surface area (Å²) in [6.07, 6.45) is 1.81. The number of nitrogens with zero attached hydrogens (tertiary/aromatic N) is 3. The molecule has 6 nitrogen and oxygen atoms in total. The number of nitrogens with one attached hydrogen (secondary N) is 1. The molecule has 0 atom stereocenters. The van der Waals surface area contributed by atoms with E-state index in [1.807, 2.05) is 79.0 Å². The van der Waals surface area contributed by atoms with Crippen molar-refractivity contribution in [2.75, 3.05) is 0 Å². The number of H-pyrrole nitrogens is 1. The largest absolute Gasteiger partial charge is 0.439 e. The van der Waals surface area contributed by atoms with Crippen molar-refractivity contribution in [3.8, 4) is 28.7 Å². The Labute approximate surface area is 188 Å². The number of aromatic amines is 1. The summed E-state index contributed by atoms with van der Waals surface area (Å²) in [7, 11) is 0. The maximum absolute atomic E-state index is 12.5. The van der Waals surface area contributed by atoms with E-state index in [0.29, 0.717) is 17.4 Å². The lowest BCUT2D eigenvalue weighted by Crippen LogP contribution is -2.15. The molecule has 0 saturated carbocycles. The Hall–Kier alpha value is -4.71. The molecule has 0 aliphatic heterocycles. The number of ether oxygens (including phenoxy) is 1. The minimum absolute atomic E-state index is 0.245. The molecule has 3 aromatic carbocycles. The molecule has 0 spiro atoms. The lowest BCUT2D eigenvalue weighted by atomic mass is 10.0. The van der Waals surface area contributed by atoms with Crippen LogP contribution in [-0.4, -0.2) is 19.5 Å². The van der Waals surface area contributed by atoms with Gasteiger partial charge in [-0.25, -0.2) is 9.36 Å². The number of pyridine rings is 2. The topological polar surface area (TPSA) is 72.8 Å². The Balaban J connectivity index is 1.37. The molecule has 0 aliphatic rings. The summed E-state index contributed by atoms with van der Waals surface area (Å²) < 4.78 is 7.62. The van der Waals surface area contributed by atoms with E-state index in [1.54, 1.807) is 16.7 Å². The molecule has 3 heterocycles. The maximum atomic E-state index is 12.5. The molecular weight excluding hydrogens is 412 g/mol. The third-order valence-corrected chi connectivity index (χ3v) is 5.53. The second kappa shape index (κ2) is 7.76. The Morgan fingerprint density at radius 2 is 1.67 bits per heavy atom. The van der Waals surface area contributed by atoms with E-state index in [0.717, 1.165) is 33.1 Å². The van der Waals surface area contributed by atoms with Gasteiger partial charge < -0.3 is 9.72 Å². The van der Waals surface area contributed by atoms with Crippen LogP contribution in [0.1, 0.15) is 0 Å². The predicted octanol–water partition coefficient (Wildman–Crippen LogP) is 5.72. The molecule has 0 saturated heterocycles. The molecule has 3 aromatic heterocycles. The minimum atomic E-state index is -0.245. The van der Waals surface area contributed by atoms with Gasteiger partial charge in [-0.05, 0) is 41.8 Å². The number of hydrogen-bond donors (Lipinski definition) is 1. The van der Waals surface area contributed by atoms with Gasteiger partial charge in [0.1, 0.15) is 11.6 Å². The lowest BCUT2D eigenvalue weighted by molar-refractivity contribution is 0.462. The molecule has 0 bridgehead atoms. The maximum Gasteiger partial charge on any atom is 0.332 e. The average Bonchev–Trinajstić information content (AvgIpc) is 3.19. The number of fused-ring (bicyclic) bond motifs is 2. The van der Waals surface area contributed by atoms with Crippen molar-refractivity contribution >= 4 is 21.8 Å². The molecule has 0 amide bonds. The molecule has 1 N–H and O–H groups in total. The average molecular weight is 430 g/mol. The highest BCUT2D eigenvalue weighted by atomic mass is 16.5. The summed E-state index contributed by atoms with van der Waals surface area (Å²) in [5, 5.41) is 2.21. The number of para-hydroxylation sites is 2. The highest BCUT2D eigenvalue weighted by molar-refractivity contribution is 5.94. The fourth-order valence-corrected chi connectivity index (χ4v) is 4.04. The van der Waals surface area contributed by atoms with Crippen LogP contribution in [0.25, 0.3) is 38.9 Å². The van der Waals surface area contributed by atoms with E-state index < -0.39 is 0 Å². The molecular formula is C27H18N4O2. The van der Waals surface area contributed by atoms with Crippen LogP contribution in [0.5, 0.6) is 11.6 Å². The second-order valence-corrected chi connectivity index (χ2v) is 7.63. The quantitative estimate of drug-likeness (QED) is 0.388. The van der Waals surface area contributed by atoms with Crippen LogP contribution in [0.4, 0.5) is 0 Å². The van der Waals surface area contributed by atoms with Crippen molar-refractivity contribution in [2.24, 2.45) is 0 Å². The van der Waals surface area contributed by atoms with Gasteiger partial charge in [-0.15, -0.1) is 0 Å². The van der Waals surface area contributed by atoms with Crippen molar-refractivity contribution in [3.05, 3.63) is 114 Å².